The van der Waals surface area contributed by atoms with Crippen LogP contribution in [0.25, 0.3) is 0 Å². The molecule has 1 unspecified atom stereocenters. The molecule has 0 aromatic heterocycles. The number of hydrogen-bond donors (Lipinski definition) is 4. The summed E-state index contributed by atoms with van der Waals surface area (Å²) in [5, 5.41) is 32.5. The van der Waals surface area contributed by atoms with E-state index in [2.05, 4.69) is 24.5 Å². The van der Waals surface area contributed by atoms with Gasteiger partial charge in [0.2, 0.25) is 0 Å². The SMILES string of the molecule is C=C(OCCC)C(=O)OCC(O)CO.C=CC(=O)O.C=CC(=O)O. The molecule has 0 saturated carbocycles. The second kappa shape index (κ2) is 18.4. The summed E-state index contributed by atoms with van der Waals surface area (Å²) in [6.07, 6.45) is 1.38. The standard InChI is InChI=1S/C9H16O5.2C3H4O2/c1-3-4-13-7(2)9(12)14-6-8(11)5-10;2*1-2-3(4)5/h8,10-11H,2-6H2,1H3;2*2H,1H2,(H,4,5). The van der Waals surface area contributed by atoms with Crippen LogP contribution in [0.4, 0.5) is 0 Å². The van der Waals surface area contributed by atoms with Gasteiger partial charge in [0, 0.05) is 12.2 Å². The first kappa shape index (κ1) is 26.3. The second-order valence-electron chi connectivity index (χ2n) is 3.79. The van der Waals surface area contributed by atoms with Gasteiger partial charge in [0.05, 0.1) is 13.2 Å². The first-order chi connectivity index (χ1) is 11.2. The molecular weight excluding hydrogens is 324 g/mol. The van der Waals surface area contributed by atoms with Gasteiger partial charge < -0.3 is 29.9 Å². The molecule has 9 nitrogen and oxygen atoms in total. The summed E-state index contributed by atoms with van der Waals surface area (Å²) in [7, 11) is 0. The predicted octanol–water partition coefficient (Wildman–Crippen LogP) is 0.337. The molecule has 0 amide bonds. The van der Waals surface area contributed by atoms with Gasteiger partial charge in [-0.25, -0.2) is 14.4 Å². The van der Waals surface area contributed by atoms with Crippen molar-refractivity contribution in [1.29, 1.82) is 0 Å². The van der Waals surface area contributed by atoms with E-state index < -0.39 is 30.6 Å². The molecule has 0 aliphatic rings. The molecule has 0 aromatic rings. The Morgan fingerprint density at radius 3 is 1.79 bits per heavy atom. The maximum absolute atomic E-state index is 11.0. The fourth-order valence-corrected chi connectivity index (χ4v) is 0.589. The van der Waals surface area contributed by atoms with Gasteiger partial charge >= 0.3 is 17.9 Å². The zero-order valence-electron chi connectivity index (χ0n) is 13.5. The largest absolute Gasteiger partial charge is 0.487 e. The minimum absolute atomic E-state index is 0.0861. The molecule has 0 radical (unpaired) electrons. The van der Waals surface area contributed by atoms with Crippen molar-refractivity contribution in [2.24, 2.45) is 0 Å². The number of ether oxygens (including phenoxy) is 2. The van der Waals surface area contributed by atoms with Crippen LogP contribution in [-0.2, 0) is 23.9 Å². The van der Waals surface area contributed by atoms with Gasteiger partial charge in [0.25, 0.3) is 0 Å². The van der Waals surface area contributed by atoms with Crippen molar-refractivity contribution in [3.05, 3.63) is 37.6 Å². The van der Waals surface area contributed by atoms with Crippen LogP contribution in [0.2, 0.25) is 0 Å². The Labute approximate surface area is 140 Å². The van der Waals surface area contributed by atoms with Crippen LogP contribution in [0.3, 0.4) is 0 Å². The van der Waals surface area contributed by atoms with Gasteiger partial charge in [-0.3, -0.25) is 0 Å². The molecule has 0 rings (SSSR count). The summed E-state index contributed by atoms with van der Waals surface area (Å²) in [4.78, 5) is 29.5. The Morgan fingerprint density at radius 1 is 1.08 bits per heavy atom. The molecule has 0 saturated heterocycles. The van der Waals surface area contributed by atoms with E-state index in [1.807, 2.05) is 6.92 Å². The van der Waals surface area contributed by atoms with E-state index in [0.717, 1.165) is 18.6 Å². The highest BCUT2D eigenvalue weighted by atomic mass is 16.6. The third-order valence-electron chi connectivity index (χ3n) is 1.67. The summed E-state index contributed by atoms with van der Waals surface area (Å²) in [5.41, 5.74) is 0. The van der Waals surface area contributed by atoms with Crippen molar-refractivity contribution in [3.8, 4) is 0 Å². The zero-order chi connectivity index (χ0) is 19.5. The number of esters is 1. The zero-order valence-corrected chi connectivity index (χ0v) is 13.5. The fourth-order valence-electron chi connectivity index (χ4n) is 0.589. The van der Waals surface area contributed by atoms with E-state index in [9.17, 15) is 14.4 Å². The lowest BCUT2D eigenvalue weighted by Crippen LogP contribution is -2.23. The summed E-state index contributed by atoms with van der Waals surface area (Å²) in [6.45, 7) is 10.9. The summed E-state index contributed by atoms with van der Waals surface area (Å²) >= 11 is 0. The molecule has 0 aliphatic carbocycles. The van der Waals surface area contributed by atoms with E-state index in [1.165, 1.54) is 0 Å². The highest BCUT2D eigenvalue weighted by Crippen LogP contribution is 1.99. The van der Waals surface area contributed by atoms with Gasteiger partial charge in [0.15, 0.2) is 5.76 Å². The molecule has 138 valence electrons. The minimum atomic E-state index is -1.06. The number of aliphatic carboxylic acids is 2. The summed E-state index contributed by atoms with van der Waals surface area (Å²) in [5.74, 6) is -2.77. The van der Waals surface area contributed by atoms with Crippen LogP contribution in [0.15, 0.2) is 37.6 Å². The van der Waals surface area contributed by atoms with Crippen LogP contribution in [0.1, 0.15) is 13.3 Å². The summed E-state index contributed by atoms with van der Waals surface area (Å²) in [6, 6.07) is 0. The third-order valence-corrected chi connectivity index (χ3v) is 1.67. The number of carbonyl (C=O) groups excluding carboxylic acids is 1. The van der Waals surface area contributed by atoms with E-state index in [1.54, 1.807) is 0 Å². The molecule has 0 heterocycles. The van der Waals surface area contributed by atoms with Crippen LogP contribution in [0.5, 0.6) is 0 Å². The highest BCUT2D eigenvalue weighted by Gasteiger charge is 2.11. The minimum Gasteiger partial charge on any atom is -0.487 e. The third kappa shape index (κ3) is 24.4. The number of rotatable bonds is 9. The number of carbonyl (C=O) groups is 3. The monoisotopic (exact) mass is 348 g/mol. The maximum atomic E-state index is 11.0. The second-order valence-corrected chi connectivity index (χ2v) is 3.79. The fraction of sp³-hybridized carbons (Fsp3) is 0.400. The van der Waals surface area contributed by atoms with Crippen molar-refractivity contribution < 1.29 is 44.3 Å². The van der Waals surface area contributed by atoms with Crippen molar-refractivity contribution in [2.75, 3.05) is 19.8 Å². The predicted molar refractivity (Wildman–Crippen MR) is 85.1 cm³/mol. The van der Waals surface area contributed by atoms with E-state index in [4.69, 9.17) is 25.2 Å². The van der Waals surface area contributed by atoms with Gasteiger partial charge in [-0.1, -0.05) is 20.1 Å². The summed E-state index contributed by atoms with van der Waals surface area (Å²) < 4.78 is 9.49. The van der Waals surface area contributed by atoms with Crippen molar-refractivity contribution >= 4 is 17.9 Å². The van der Waals surface area contributed by atoms with Crippen LogP contribution in [0, 0.1) is 0 Å². The molecule has 0 spiro atoms. The lowest BCUT2D eigenvalue weighted by atomic mass is 10.4. The van der Waals surface area contributed by atoms with Gasteiger partial charge in [-0.15, -0.1) is 0 Å². The molecule has 0 bridgehead atoms. The van der Waals surface area contributed by atoms with Crippen molar-refractivity contribution in [3.63, 3.8) is 0 Å². The van der Waals surface area contributed by atoms with Crippen LogP contribution in [-0.4, -0.2) is 64.3 Å². The average molecular weight is 348 g/mol. The molecule has 0 aliphatic heterocycles. The molecule has 1 atom stereocenters. The first-order valence-electron chi connectivity index (χ1n) is 6.64. The molecule has 4 N–H and O–H groups in total. The van der Waals surface area contributed by atoms with Crippen LogP contribution >= 0.6 is 0 Å². The molecule has 0 fully saturated rings. The van der Waals surface area contributed by atoms with E-state index in [-0.39, 0.29) is 12.4 Å². The number of aliphatic hydroxyl groups is 2. The highest BCUT2D eigenvalue weighted by molar-refractivity contribution is 5.85. The Hall–Kier alpha value is -2.65. The maximum Gasteiger partial charge on any atom is 0.373 e. The quantitative estimate of drug-likeness (QED) is 0.262. The number of hydrogen-bond acceptors (Lipinski definition) is 7. The van der Waals surface area contributed by atoms with Gasteiger partial charge in [-0.2, -0.15) is 0 Å². The van der Waals surface area contributed by atoms with E-state index >= 15 is 0 Å². The Kier molecular flexibility index (Phi) is 20.1. The number of carboxylic acids is 2. The normalized spacial score (nSPS) is 9.62. The topological polar surface area (TPSA) is 151 Å². The van der Waals surface area contributed by atoms with Gasteiger partial charge in [-0.05, 0) is 13.0 Å². The molecule has 24 heavy (non-hydrogen) atoms. The van der Waals surface area contributed by atoms with Crippen LogP contribution < -0.4 is 0 Å². The smallest absolute Gasteiger partial charge is 0.373 e. The van der Waals surface area contributed by atoms with Gasteiger partial charge in [0.1, 0.15) is 12.7 Å². The molecule has 9 heteroatoms. The van der Waals surface area contributed by atoms with E-state index in [0.29, 0.717) is 6.61 Å². The Balaban J connectivity index is -0.000000361. The molecular formula is C15H24O9. The first-order valence-corrected chi connectivity index (χ1v) is 6.64. The van der Waals surface area contributed by atoms with Crippen molar-refractivity contribution in [1.82, 2.24) is 0 Å². The number of aliphatic hydroxyl groups excluding tert-OH is 2. The lowest BCUT2D eigenvalue weighted by Gasteiger charge is -2.10. The Bertz CT molecular complexity index is 397. The average Bonchev–Trinajstić information content (AvgIpc) is 2.57. The van der Waals surface area contributed by atoms with Crippen molar-refractivity contribution in [2.45, 2.75) is 19.4 Å². The Morgan fingerprint density at radius 2 is 1.50 bits per heavy atom. The number of carboxylic acid groups (broad SMARTS) is 2. The molecule has 0 aromatic carbocycles. The lowest BCUT2D eigenvalue weighted by molar-refractivity contribution is -0.146.